The molecule has 0 spiro atoms. The van der Waals surface area contributed by atoms with Crippen molar-refractivity contribution in [1.82, 2.24) is 9.97 Å². The van der Waals surface area contributed by atoms with Crippen LogP contribution in [0.4, 0.5) is 15.9 Å². The highest BCUT2D eigenvalue weighted by atomic mass is 19.1. The summed E-state index contributed by atoms with van der Waals surface area (Å²) < 4.78 is 19.3. The van der Waals surface area contributed by atoms with Crippen LogP contribution in [0.2, 0.25) is 0 Å². The Morgan fingerprint density at radius 3 is 2.44 bits per heavy atom. The van der Waals surface area contributed by atoms with Crippen LogP contribution >= 0.6 is 0 Å². The normalized spacial score (nSPS) is 17.1. The number of carboxylic acids is 1. The second-order valence-electron chi connectivity index (χ2n) is 9.82. The zero-order chi connectivity index (χ0) is 27.1. The number of halogens is 1. The molecule has 39 heavy (non-hydrogen) atoms. The van der Waals surface area contributed by atoms with Crippen molar-refractivity contribution in [1.29, 1.82) is 0 Å². The molecule has 1 fully saturated rings. The van der Waals surface area contributed by atoms with E-state index in [2.05, 4.69) is 15.3 Å². The van der Waals surface area contributed by atoms with Gasteiger partial charge in [0, 0.05) is 24.0 Å². The van der Waals surface area contributed by atoms with E-state index in [0.29, 0.717) is 47.0 Å². The Morgan fingerprint density at radius 1 is 1.03 bits per heavy atom. The molecule has 1 saturated heterocycles. The van der Waals surface area contributed by atoms with Crippen LogP contribution in [0, 0.1) is 18.7 Å². The molecule has 3 heterocycles. The molecule has 0 radical (unpaired) electrons. The van der Waals surface area contributed by atoms with E-state index in [1.165, 1.54) is 12.1 Å². The summed E-state index contributed by atoms with van der Waals surface area (Å²) in [7, 11) is 0. The number of para-hydroxylation sites is 1. The number of aliphatic carboxylic acids is 1. The number of benzene rings is 3. The van der Waals surface area contributed by atoms with E-state index in [4.69, 9.17) is 4.42 Å². The number of anilines is 2. The Labute approximate surface area is 223 Å². The van der Waals surface area contributed by atoms with Gasteiger partial charge in [0.1, 0.15) is 28.8 Å². The van der Waals surface area contributed by atoms with E-state index in [1.807, 2.05) is 36.4 Å². The Bertz CT molecular complexity index is 1700. The SMILES string of the molecule is Cc1nc(N2C[C@@H](CC(=O)Nc3ccc(-c4ccc(F)cc4)cc3)C[C@H]2C(=O)O)c2oc3ccccc3c2n1. The van der Waals surface area contributed by atoms with Crippen LogP contribution in [-0.2, 0) is 9.59 Å². The van der Waals surface area contributed by atoms with Gasteiger partial charge >= 0.3 is 5.97 Å². The summed E-state index contributed by atoms with van der Waals surface area (Å²) in [5.41, 5.74) is 4.15. The van der Waals surface area contributed by atoms with Crippen molar-refractivity contribution < 1.29 is 23.5 Å². The Balaban J connectivity index is 1.19. The van der Waals surface area contributed by atoms with E-state index in [-0.39, 0.29) is 24.1 Å². The number of nitrogens with zero attached hydrogens (tertiary/aromatic N) is 3. The Morgan fingerprint density at radius 2 is 1.72 bits per heavy atom. The van der Waals surface area contributed by atoms with Crippen molar-refractivity contribution >= 4 is 45.5 Å². The monoisotopic (exact) mass is 524 g/mol. The first-order chi connectivity index (χ1) is 18.9. The lowest BCUT2D eigenvalue weighted by Crippen LogP contribution is -2.36. The minimum Gasteiger partial charge on any atom is -0.480 e. The van der Waals surface area contributed by atoms with Gasteiger partial charge in [-0.2, -0.15) is 0 Å². The number of furan rings is 1. The van der Waals surface area contributed by atoms with E-state index >= 15 is 0 Å². The predicted molar refractivity (Wildman–Crippen MR) is 146 cm³/mol. The molecule has 1 aliphatic heterocycles. The molecule has 0 aliphatic carbocycles. The van der Waals surface area contributed by atoms with Crippen LogP contribution in [0.3, 0.4) is 0 Å². The zero-order valence-electron chi connectivity index (χ0n) is 21.1. The molecule has 3 aromatic carbocycles. The lowest BCUT2D eigenvalue weighted by molar-refractivity contribution is -0.138. The fourth-order valence-corrected chi connectivity index (χ4v) is 5.28. The van der Waals surface area contributed by atoms with E-state index in [0.717, 1.165) is 16.5 Å². The number of carboxylic acid groups (broad SMARTS) is 1. The maximum absolute atomic E-state index is 13.2. The van der Waals surface area contributed by atoms with Gasteiger partial charge in [-0.25, -0.2) is 19.2 Å². The number of hydrogen-bond acceptors (Lipinski definition) is 6. The molecular weight excluding hydrogens is 499 g/mol. The van der Waals surface area contributed by atoms with Crippen molar-refractivity contribution in [2.45, 2.75) is 25.8 Å². The van der Waals surface area contributed by atoms with Crippen LogP contribution in [0.1, 0.15) is 18.7 Å². The molecule has 0 saturated carbocycles. The first-order valence-electron chi connectivity index (χ1n) is 12.7. The smallest absolute Gasteiger partial charge is 0.326 e. The van der Waals surface area contributed by atoms with Gasteiger partial charge in [-0.05, 0) is 66.8 Å². The summed E-state index contributed by atoms with van der Waals surface area (Å²) in [6, 6.07) is 20.2. The number of amides is 1. The summed E-state index contributed by atoms with van der Waals surface area (Å²) in [5.74, 6) is -0.726. The average Bonchev–Trinajstić information content (AvgIpc) is 3.51. The molecule has 1 amide bonds. The number of hydrogen-bond donors (Lipinski definition) is 2. The number of carbonyl (C=O) groups excluding carboxylic acids is 1. The first-order valence-corrected chi connectivity index (χ1v) is 12.7. The highest BCUT2D eigenvalue weighted by Crippen LogP contribution is 2.37. The summed E-state index contributed by atoms with van der Waals surface area (Å²) in [5, 5.41) is 13.8. The van der Waals surface area contributed by atoms with Gasteiger partial charge in [0.2, 0.25) is 5.91 Å². The average molecular weight is 525 g/mol. The number of fused-ring (bicyclic) bond motifs is 3. The van der Waals surface area contributed by atoms with Crippen molar-refractivity contribution in [3.05, 3.63) is 84.4 Å². The summed E-state index contributed by atoms with van der Waals surface area (Å²) in [6.45, 7) is 2.11. The predicted octanol–water partition coefficient (Wildman–Crippen LogP) is 5.80. The van der Waals surface area contributed by atoms with Crippen molar-refractivity contribution in [2.75, 3.05) is 16.8 Å². The highest BCUT2D eigenvalue weighted by Gasteiger charge is 2.40. The van der Waals surface area contributed by atoms with Crippen LogP contribution in [-0.4, -0.2) is 39.5 Å². The third kappa shape index (κ3) is 4.79. The maximum atomic E-state index is 13.2. The molecular formula is C30H25FN4O4. The molecule has 196 valence electrons. The fraction of sp³-hybridized carbons (Fsp3) is 0.200. The molecule has 6 rings (SSSR count). The minimum atomic E-state index is -0.977. The fourth-order valence-electron chi connectivity index (χ4n) is 5.28. The number of rotatable bonds is 6. The lowest BCUT2D eigenvalue weighted by atomic mass is 10.0. The van der Waals surface area contributed by atoms with Crippen LogP contribution in [0.25, 0.3) is 33.2 Å². The summed E-state index contributed by atoms with van der Waals surface area (Å²) >= 11 is 0. The molecule has 8 nitrogen and oxygen atoms in total. The van der Waals surface area contributed by atoms with E-state index in [9.17, 15) is 19.1 Å². The first kappa shape index (κ1) is 24.5. The van der Waals surface area contributed by atoms with Gasteiger partial charge in [-0.3, -0.25) is 4.79 Å². The molecule has 1 aliphatic rings. The number of carbonyl (C=O) groups is 2. The lowest BCUT2D eigenvalue weighted by Gasteiger charge is -2.22. The Kier molecular flexibility index (Phi) is 6.18. The van der Waals surface area contributed by atoms with Gasteiger partial charge in [-0.1, -0.05) is 36.4 Å². The zero-order valence-corrected chi connectivity index (χ0v) is 21.1. The largest absolute Gasteiger partial charge is 0.480 e. The molecule has 0 unspecified atom stereocenters. The van der Waals surface area contributed by atoms with Gasteiger partial charge in [-0.15, -0.1) is 0 Å². The third-order valence-corrected chi connectivity index (χ3v) is 7.08. The van der Waals surface area contributed by atoms with Gasteiger partial charge in [0.05, 0.1) is 0 Å². The quantitative estimate of drug-likeness (QED) is 0.289. The highest BCUT2D eigenvalue weighted by molar-refractivity contribution is 6.06. The van der Waals surface area contributed by atoms with Crippen molar-refractivity contribution in [3.8, 4) is 11.1 Å². The van der Waals surface area contributed by atoms with Gasteiger partial charge in [0.15, 0.2) is 11.4 Å². The maximum Gasteiger partial charge on any atom is 0.326 e. The van der Waals surface area contributed by atoms with E-state index in [1.54, 1.807) is 36.1 Å². The van der Waals surface area contributed by atoms with Crippen LogP contribution in [0.15, 0.2) is 77.2 Å². The molecule has 2 aromatic heterocycles. The minimum absolute atomic E-state index is 0.160. The second kappa shape index (κ2) is 9.83. The van der Waals surface area contributed by atoms with E-state index < -0.39 is 12.0 Å². The number of aromatic nitrogens is 2. The third-order valence-electron chi connectivity index (χ3n) is 7.08. The second-order valence-corrected chi connectivity index (χ2v) is 9.82. The topological polar surface area (TPSA) is 109 Å². The number of aryl methyl sites for hydroxylation is 1. The van der Waals surface area contributed by atoms with Crippen molar-refractivity contribution in [3.63, 3.8) is 0 Å². The number of nitrogens with one attached hydrogen (secondary N) is 1. The molecule has 5 aromatic rings. The Hall–Kier alpha value is -4.79. The standard InChI is InChI=1S/C30H25FN4O4/c1-17-32-27-23-4-2-3-5-25(23)39-28(27)29(33-17)35-16-18(14-24(35)30(37)38)15-26(36)34-22-12-8-20(9-13-22)19-6-10-21(31)11-7-19/h2-13,18,24H,14-16H2,1H3,(H,34,36)(H,37,38)/t18-,24+/m1/s1. The summed E-state index contributed by atoms with van der Waals surface area (Å²) in [6.07, 6.45) is 0.463. The van der Waals surface area contributed by atoms with Crippen molar-refractivity contribution in [2.24, 2.45) is 5.92 Å². The molecule has 9 heteroatoms. The molecule has 2 N–H and O–H groups in total. The van der Waals surface area contributed by atoms with Crippen LogP contribution < -0.4 is 10.2 Å². The van der Waals surface area contributed by atoms with Gasteiger partial charge < -0.3 is 19.7 Å². The molecule has 0 bridgehead atoms. The summed E-state index contributed by atoms with van der Waals surface area (Å²) in [4.78, 5) is 36.0. The van der Waals surface area contributed by atoms with Crippen LogP contribution in [0.5, 0.6) is 0 Å². The van der Waals surface area contributed by atoms with Gasteiger partial charge in [0.25, 0.3) is 0 Å². The molecule has 2 atom stereocenters.